The summed E-state index contributed by atoms with van der Waals surface area (Å²) >= 11 is 4.90. The van der Waals surface area contributed by atoms with Gasteiger partial charge in [-0.3, -0.25) is 4.79 Å². The number of nitrogens with zero attached hydrogens (tertiary/aromatic N) is 4. The quantitative estimate of drug-likeness (QED) is 0.132. The van der Waals surface area contributed by atoms with Crippen molar-refractivity contribution in [2.24, 2.45) is 5.41 Å². The fraction of sp³-hybridized carbons (Fsp3) is 0.333. The lowest BCUT2D eigenvalue weighted by molar-refractivity contribution is 0.0601. The third-order valence-corrected chi connectivity index (χ3v) is 9.45. The van der Waals surface area contributed by atoms with Crippen LogP contribution in [-0.4, -0.2) is 80.3 Å². The Balaban J connectivity index is 1.38. The van der Waals surface area contributed by atoms with Crippen molar-refractivity contribution in [3.05, 3.63) is 82.9 Å². The Hall–Kier alpha value is -4.84. The number of alkyl halides is 3. The normalized spacial score (nSPS) is 15.2. The fourth-order valence-corrected chi connectivity index (χ4v) is 5.64. The number of carbonyl (C=O) groups excluding carboxylic acids is 2. The summed E-state index contributed by atoms with van der Waals surface area (Å²) < 4.78 is 50.3. The maximum absolute atomic E-state index is 14.0. The lowest BCUT2D eigenvalue weighted by Crippen LogP contribution is -2.46. The molecule has 0 unspecified atom stereocenters. The van der Waals surface area contributed by atoms with Crippen molar-refractivity contribution in [1.82, 2.24) is 25.2 Å². The highest BCUT2D eigenvalue weighted by atomic mass is 127. The molecule has 0 radical (unpaired) electrons. The summed E-state index contributed by atoms with van der Waals surface area (Å²) in [6, 6.07) is 18.2. The Morgan fingerprint density at radius 2 is 1.75 bits per heavy atom. The molecule has 0 spiro atoms. The van der Waals surface area contributed by atoms with Crippen LogP contribution in [0.15, 0.2) is 66.7 Å². The molecule has 0 atom stereocenters. The molecule has 3 N–H and O–H groups in total. The van der Waals surface area contributed by atoms with Crippen molar-refractivity contribution in [2.45, 2.75) is 30.7 Å². The predicted octanol–water partition coefficient (Wildman–Crippen LogP) is 7.30. The lowest BCUT2D eigenvalue weighted by Gasteiger charge is -2.32. The van der Waals surface area contributed by atoms with Crippen LogP contribution < -0.4 is 34.9 Å². The Labute approximate surface area is 320 Å². The molecule has 0 fully saturated rings. The van der Waals surface area contributed by atoms with E-state index in [1.807, 2.05) is 13.8 Å². The van der Waals surface area contributed by atoms with E-state index in [0.717, 1.165) is 5.56 Å². The second-order valence-corrected chi connectivity index (χ2v) is 15.4. The number of aromatic nitrogens is 3. The van der Waals surface area contributed by atoms with Crippen molar-refractivity contribution in [3.8, 4) is 23.3 Å². The molecule has 13 nitrogen and oxygen atoms in total. The highest BCUT2D eigenvalue weighted by Gasteiger charge is 2.28. The number of amides is 2. The molecule has 4 aromatic rings. The average Bonchev–Trinajstić information content (AvgIpc) is 3.14. The highest BCUT2D eigenvalue weighted by Crippen LogP contribution is 2.29. The van der Waals surface area contributed by atoms with E-state index in [-0.39, 0.29) is 50.1 Å². The summed E-state index contributed by atoms with van der Waals surface area (Å²) in [5.41, 5.74) is 1.10. The standard InChI is InChI=1S/C36H39ClF2IN7O6/c1-35(2)20-42-30(48)24-7-9-25(10-8-24)43-32-44-31(45-33(46-32)52-22-36(38,39)40-3)41-19-23-6-15-29(28(37)18-23)51-17-5-16-47(21-35)34(49)53-27-13-11-26(50-4)12-14-27/h6-15,18H,3,5,16-17,19-22H2,1-2,4H3,(H,42,48)(H2,41,43,44,45,46). The number of halogens is 4. The van der Waals surface area contributed by atoms with E-state index in [1.54, 1.807) is 78.7 Å². The van der Waals surface area contributed by atoms with Crippen molar-refractivity contribution in [3.63, 3.8) is 0 Å². The summed E-state index contributed by atoms with van der Waals surface area (Å²) in [7, 11) is 1.55. The van der Waals surface area contributed by atoms with Gasteiger partial charge in [-0.2, -0.15) is 23.7 Å². The van der Waals surface area contributed by atoms with Gasteiger partial charge in [0.15, 0.2) is 6.61 Å². The van der Waals surface area contributed by atoms with Gasteiger partial charge >= 0.3 is 16.0 Å². The van der Waals surface area contributed by atoms with E-state index in [0.29, 0.717) is 46.5 Å². The third-order valence-electron chi connectivity index (χ3n) is 7.72. The van der Waals surface area contributed by atoms with Gasteiger partial charge in [-0.05, 0) is 98.8 Å². The Bertz CT molecular complexity index is 1900. The first-order valence-corrected chi connectivity index (χ1v) is 19.4. The minimum absolute atomic E-state index is 0.0235. The third kappa shape index (κ3) is 11.8. The minimum Gasteiger partial charge on any atom is -0.497 e. The van der Waals surface area contributed by atoms with Gasteiger partial charge in [0.1, 0.15) is 17.2 Å². The van der Waals surface area contributed by atoms with Gasteiger partial charge in [0, 0.05) is 37.4 Å². The number of rotatable bonds is 6. The summed E-state index contributed by atoms with van der Waals surface area (Å²) in [5, 5.41) is 9.37. The molecule has 4 aliphatic rings. The zero-order chi connectivity index (χ0) is 38.0. The van der Waals surface area contributed by atoms with Crippen LogP contribution in [0.3, 0.4) is 0 Å². The number of carbonyl (C=O) groups is 2. The number of benzene rings is 3. The SMILES string of the molecule is C=IC(F)(F)COc1nc2nc(n1)Nc1ccc(cc1)C(=O)NCC(C)(C)CN(C(=O)Oc1ccc(OC)cc1)CCCOc1ccc(cc1Cl)CN2. The average molecular weight is 866 g/mol. The van der Waals surface area contributed by atoms with Crippen LogP contribution in [0.25, 0.3) is 0 Å². The van der Waals surface area contributed by atoms with Crippen LogP contribution in [0, 0.1) is 5.41 Å². The number of nitrogens with one attached hydrogen (secondary N) is 3. The first-order valence-electron chi connectivity index (χ1n) is 16.4. The molecule has 2 amide bonds. The van der Waals surface area contributed by atoms with E-state index in [4.69, 9.17) is 30.5 Å². The van der Waals surface area contributed by atoms with Gasteiger partial charge in [0.2, 0.25) is 11.9 Å². The van der Waals surface area contributed by atoms with Crippen molar-refractivity contribution < 1.29 is 37.3 Å². The molecule has 3 aromatic carbocycles. The molecule has 53 heavy (non-hydrogen) atoms. The highest BCUT2D eigenvalue weighted by molar-refractivity contribution is 14.2. The Kier molecular flexibility index (Phi) is 13.2. The molecule has 5 heterocycles. The fourth-order valence-electron chi connectivity index (χ4n) is 5.00. The topological polar surface area (TPSA) is 149 Å². The number of ether oxygens (including phenoxy) is 4. The summed E-state index contributed by atoms with van der Waals surface area (Å²) in [6.45, 7) is 4.23. The molecule has 0 saturated carbocycles. The van der Waals surface area contributed by atoms with Crippen molar-refractivity contribution in [1.29, 1.82) is 0 Å². The van der Waals surface area contributed by atoms with Gasteiger partial charge in [-0.25, -0.2) is 4.79 Å². The summed E-state index contributed by atoms with van der Waals surface area (Å²) in [5.74, 6) is 1.20. The maximum Gasteiger partial charge on any atom is 0.415 e. The molecule has 8 rings (SSSR count). The second-order valence-electron chi connectivity index (χ2n) is 12.6. The molecule has 282 valence electrons. The largest absolute Gasteiger partial charge is 0.497 e. The molecular weight excluding hydrogens is 827 g/mol. The number of hydrogen-bond donors (Lipinski definition) is 3. The molecule has 6 bridgehead atoms. The number of anilines is 3. The van der Waals surface area contributed by atoms with Crippen LogP contribution in [0.2, 0.25) is 5.02 Å². The van der Waals surface area contributed by atoms with Gasteiger partial charge in [0.05, 0.1) is 18.7 Å². The molecular formula is C36H39ClF2IN7O6. The zero-order valence-corrected chi connectivity index (χ0v) is 32.2. The van der Waals surface area contributed by atoms with E-state index in [1.165, 1.54) is 0 Å². The number of hydrogen-bond acceptors (Lipinski definition) is 11. The monoisotopic (exact) mass is 865 g/mol. The zero-order valence-electron chi connectivity index (χ0n) is 29.3. The first-order chi connectivity index (χ1) is 25.3. The molecule has 4 aliphatic heterocycles. The van der Waals surface area contributed by atoms with Gasteiger partial charge in [0.25, 0.3) is 5.91 Å². The van der Waals surface area contributed by atoms with E-state index < -0.39 is 42.8 Å². The van der Waals surface area contributed by atoms with Crippen LogP contribution >= 0.6 is 32.3 Å². The maximum atomic E-state index is 14.0. The van der Waals surface area contributed by atoms with Gasteiger partial charge < -0.3 is 39.8 Å². The van der Waals surface area contributed by atoms with Crippen LogP contribution in [-0.2, 0) is 6.54 Å². The van der Waals surface area contributed by atoms with Crippen LogP contribution in [0.4, 0.5) is 31.2 Å². The molecule has 1 aromatic heterocycles. The van der Waals surface area contributed by atoms with E-state index in [9.17, 15) is 18.4 Å². The van der Waals surface area contributed by atoms with E-state index in [2.05, 4.69) is 35.4 Å². The lowest BCUT2D eigenvalue weighted by atomic mass is 9.92. The second kappa shape index (κ2) is 17.8. The molecule has 0 saturated heterocycles. The molecule has 17 heteroatoms. The van der Waals surface area contributed by atoms with E-state index >= 15 is 0 Å². The van der Waals surface area contributed by atoms with Crippen molar-refractivity contribution in [2.75, 3.05) is 50.6 Å². The Morgan fingerprint density at radius 1 is 1.04 bits per heavy atom. The number of methoxy groups -OCH3 is 1. The first kappa shape index (κ1) is 39.4. The predicted molar refractivity (Wildman–Crippen MR) is 207 cm³/mol. The molecule has 0 aliphatic carbocycles. The van der Waals surface area contributed by atoms with Crippen molar-refractivity contribution >= 4 is 66.4 Å². The van der Waals surface area contributed by atoms with Crippen LogP contribution in [0.5, 0.6) is 23.3 Å². The van der Waals surface area contributed by atoms with Gasteiger partial charge in [-0.15, -0.1) is 0 Å². The smallest absolute Gasteiger partial charge is 0.415 e. The summed E-state index contributed by atoms with van der Waals surface area (Å²) in [6.07, 6.45) is -0.0946. The summed E-state index contributed by atoms with van der Waals surface area (Å²) in [4.78, 5) is 40.9. The minimum atomic E-state index is -3.07. The Morgan fingerprint density at radius 3 is 2.45 bits per heavy atom. The van der Waals surface area contributed by atoms with Gasteiger partial charge in [-0.1, -0.05) is 36.0 Å². The van der Waals surface area contributed by atoms with Crippen LogP contribution in [0.1, 0.15) is 36.2 Å².